The van der Waals surface area contributed by atoms with Gasteiger partial charge in [0.2, 0.25) is 5.91 Å². The first-order valence-corrected chi connectivity index (χ1v) is 8.55. The molecule has 24 heavy (non-hydrogen) atoms. The van der Waals surface area contributed by atoms with Crippen LogP contribution in [0.5, 0.6) is 11.5 Å². The summed E-state index contributed by atoms with van der Waals surface area (Å²) in [7, 11) is 0. The lowest BCUT2D eigenvalue weighted by Gasteiger charge is -2.26. The number of rotatable bonds is 3. The van der Waals surface area contributed by atoms with Gasteiger partial charge in [-0.05, 0) is 48.1 Å². The third-order valence-corrected chi connectivity index (χ3v) is 4.68. The van der Waals surface area contributed by atoms with Gasteiger partial charge in [-0.15, -0.1) is 0 Å². The summed E-state index contributed by atoms with van der Waals surface area (Å²) >= 11 is 0. The minimum Gasteiger partial charge on any atom is -0.486 e. The van der Waals surface area contributed by atoms with E-state index in [1.54, 1.807) is 0 Å². The van der Waals surface area contributed by atoms with Crippen molar-refractivity contribution in [2.45, 2.75) is 31.7 Å². The fourth-order valence-corrected chi connectivity index (χ4v) is 3.53. The van der Waals surface area contributed by atoms with Crippen LogP contribution in [-0.4, -0.2) is 19.1 Å². The number of nitrogens with one attached hydrogen (secondary N) is 1. The highest BCUT2D eigenvalue weighted by atomic mass is 16.6. The van der Waals surface area contributed by atoms with Crippen molar-refractivity contribution >= 4 is 5.91 Å². The van der Waals surface area contributed by atoms with Crippen LogP contribution in [0.25, 0.3) is 0 Å². The Balaban J connectivity index is 1.44. The van der Waals surface area contributed by atoms with Gasteiger partial charge in [0.15, 0.2) is 11.5 Å². The molecule has 4 nitrogen and oxygen atoms in total. The maximum Gasteiger partial charge on any atom is 0.224 e. The van der Waals surface area contributed by atoms with Gasteiger partial charge < -0.3 is 14.8 Å². The monoisotopic (exact) mass is 323 g/mol. The lowest BCUT2D eigenvalue weighted by atomic mass is 9.87. The quantitative estimate of drug-likeness (QED) is 0.943. The molecule has 1 N–H and O–H groups in total. The molecule has 4 rings (SSSR count). The predicted molar refractivity (Wildman–Crippen MR) is 91.4 cm³/mol. The molecule has 2 aromatic rings. The SMILES string of the molecule is O=C(Cc1ccc2c(c1)OCCO2)N[C@@H]1CCCc2ccccc21. The molecule has 0 fully saturated rings. The first-order valence-electron chi connectivity index (χ1n) is 8.55. The van der Waals surface area contributed by atoms with E-state index in [4.69, 9.17) is 9.47 Å². The Hall–Kier alpha value is -2.49. The summed E-state index contributed by atoms with van der Waals surface area (Å²) < 4.78 is 11.1. The second-order valence-electron chi connectivity index (χ2n) is 6.37. The van der Waals surface area contributed by atoms with Gasteiger partial charge in [-0.25, -0.2) is 0 Å². The molecule has 2 aliphatic rings. The van der Waals surface area contributed by atoms with Gasteiger partial charge in [0.25, 0.3) is 0 Å². The fourth-order valence-electron chi connectivity index (χ4n) is 3.53. The number of hydrogen-bond acceptors (Lipinski definition) is 3. The molecule has 0 saturated heterocycles. The number of carbonyl (C=O) groups excluding carboxylic acids is 1. The minimum atomic E-state index is 0.0494. The maximum atomic E-state index is 12.5. The Morgan fingerprint density at radius 2 is 1.92 bits per heavy atom. The molecule has 0 radical (unpaired) electrons. The lowest BCUT2D eigenvalue weighted by Crippen LogP contribution is -2.32. The predicted octanol–water partition coefficient (Wildman–Crippen LogP) is 3.19. The topological polar surface area (TPSA) is 47.6 Å². The van der Waals surface area contributed by atoms with E-state index < -0.39 is 0 Å². The second kappa shape index (κ2) is 6.56. The highest BCUT2D eigenvalue weighted by molar-refractivity contribution is 5.79. The molecule has 0 aromatic heterocycles. The molecule has 1 heterocycles. The summed E-state index contributed by atoms with van der Waals surface area (Å²) in [5, 5.41) is 3.19. The van der Waals surface area contributed by atoms with Gasteiger partial charge >= 0.3 is 0 Å². The van der Waals surface area contributed by atoms with Crippen LogP contribution < -0.4 is 14.8 Å². The van der Waals surface area contributed by atoms with Crippen LogP contribution in [0.3, 0.4) is 0 Å². The van der Waals surface area contributed by atoms with Crippen LogP contribution in [-0.2, 0) is 17.6 Å². The normalized spacial score (nSPS) is 18.6. The molecule has 124 valence electrons. The van der Waals surface area contributed by atoms with Crippen molar-refractivity contribution in [3.8, 4) is 11.5 Å². The third kappa shape index (κ3) is 3.09. The Labute approximate surface area is 141 Å². The van der Waals surface area contributed by atoms with Gasteiger partial charge in [-0.1, -0.05) is 30.3 Å². The van der Waals surface area contributed by atoms with Crippen LogP contribution in [0.2, 0.25) is 0 Å². The highest BCUT2D eigenvalue weighted by Gasteiger charge is 2.21. The van der Waals surface area contributed by atoms with E-state index in [2.05, 4.69) is 23.5 Å². The minimum absolute atomic E-state index is 0.0494. The van der Waals surface area contributed by atoms with E-state index in [9.17, 15) is 4.79 Å². The number of carbonyl (C=O) groups is 1. The Morgan fingerprint density at radius 1 is 1.08 bits per heavy atom. The average molecular weight is 323 g/mol. The van der Waals surface area contributed by atoms with Crippen molar-refractivity contribution in [1.29, 1.82) is 0 Å². The number of hydrogen-bond donors (Lipinski definition) is 1. The summed E-state index contributed by atoms with van der Waals surface area (Å²) in [6.07, 6.45) is 3.58. The highest BCUT2D eigenvalue weighted by Crippen LogP contribution is 2.32. The van der Waals surface area contributed by atoms with Crippen LogP contribution in [0.4, 0.5) is 0 Å². The van der Waals surface area contributed by atoms with Crippen molar-refractivity contribution in [3.05, 3.63) is 59.2 Å². The number of ether oxygens (including phenoxy) is 2. The first kappa shape index (κ1) is 15.1. The molecule has 4 heteroatoms. The van der Waals surface area contributed by atoms with E-state index in [1.165, 1.54) is 11.1 Å². The fraction of sp³-hybridized carbons (Fsp3) is 0.350. The van der Waals surface area contributed by atoms with Crippen molar-refractivity contribution in [2.24, 2.45) is 0 Å². The Kier molecular flexibility index (Phi) is 4.11. The van der Waals surface area contributed by atoms with Crippen LogP contribution >= 0.6 is 0 Å². The zero-order valence-corrected chi connectivity index (χ0v) is 13.6. The molecular weight excluding hydrogens is 302 g/mol. The molecule has 1 amide bonds. The largest absolute Gasteiger partial charge is 0.486 e. The third-order valence-electron chi connectivity index (χ3n) is 4.68. The standard InChI is InChI=1S/C20H21NO3/c22-20(13-14-8-9-18-19(12-14)24-11-10-23-18)21-17-7-3-5-15-4-1-2-6-16(15)17/h1-2,4,6,8-9,12,17H,3,5,7,10-11,13H2,(H,21,22)/t17-/m1/s1. The van der Waals surface area contributed by atoms with E-state index >= 15 is 0 Å². The molecule has 1 aliphatic carbocycles. The molecule has 0 saturated carbocycles. The van der Waals surface area contributed by atoms with Gasteiger partial charge in [0, 0.05) is 0 Å². The Bertz CT molecular complexity index is 756. The average Bonchev–Trinajstić information content (AvgIpc) is 2.62. The number of aryl methyl sites for hydroxylation is 1. The zero-order valence-electron chi connectivity index (χ0n) is 13.6. The molecule has 1 atom stereocenters. The van der Waals surface area contributed by atoms with E-state index in [0.29, 0.717) is 19.6 Å². The smallest absolute Gasteiger partial charge is 0.224 e. The van der Waals surface area contributed by atoms with Crippen molar-refractivity contribution in [1.82, 2.24) is 5.32 Å². The van der Waals surface area contributed by atoms with E-state index in [-0.39, 0.29) is 11.9 Å². The number of benzene rings is 2. The van der Waals surface area contributed by atoms with Crippen LogP contribution in [0.15, 0.2) is 42.5 Å². The second-order valence-corrected chi connectivity index (χ2v) is 6.37. The van der Waals surface area contributed by atoms with Crippen molar-refractivity contribution < 1.29 is 14.3 Å². The van der Waals surface area contributed by atoms with Gasteiger partial charge in [-0.3, -0.25) is 4.79 Å². The van der Waals surface area contributed by atoms with Gasteiger partial charge in [-0.2, -0.15) is 0 Å². The summed E-state index contributed by atoms with van der Waals surface area (Å²) in [6, 6.07) is 14.2. The summed E-state index contributed by atoms with van der Waals surface area (Å²) in [4.78, 5) is 12.5. The number of fused-ring (bicyclic) bond motifs is 2. The van der Waals surface area contributed by atoms with Crippen molar-refractivity contribution in [3.63, 3.8) is 0 Å². The zero-order chi connectivity index (χ0) is 16.4. The molecule has 0 bridgehead atoms. The summed E-state index contributed by atoms with van der Waals surface area (Å²) in [6.45, 7) is 1.13. The first-order chi connectivity index (χ1) is 11.8. The molecule has 0 spiro atoms. The molecular formula is C20H21NO3. The van der Waals surface area contributed by atoms with E-state index in [0.717, 1.165) is 36.3 Å². The van der Waals surface area contributed by atoms with Crippen molar-refractivity contribution in [2.75, 3.05) is 13.2 Å². The maximum absolute atomic E-state index is 12.5. The lowest BCUT2D eigenvalue weighted by molar-refractivity contribution is -0.121. The summed E-state index contributed by atoms with van der Waals surface area (Å²) in [5.41, 5.74) is 3.56. The molecule has 2 aromatic carbocycles. The summed E-state index contributed by atoms with van der Waals surface area (Å²) in [5.74, 6) is 1.54. The number of amides is 1. The van der Waals surface area contributed by atoms with Gasteiger partial charge in [0.05, 0.1) is 12.5 Å². The molecule has 1 aliphatic heterocycles. The van der Waals surface area contributed by atoms with Crippen LogP contribution in [0.1, 0.15) is 35.6 Å². The Morgan fingerprint density at radius 3 is 2.83 bits per heavy atom. The van der Waals surface area contributed by atoms with E-state index in [1.807, 2.05) is 24.3 Å². The van der Waals surface area contributed by atoms with Gasteiger partial charge in [0.1, 0.15) is 13.2 Å². The van der Waals surface area contributed by atoms with Crippen LogP contribution in [0, 0.1) is 0 Å². The molecule has 0 unspecified atom stereocenters.